The van der Waals surface area contributed by atoms with E-state index >= 15 is 0 Å². The van der Waals surface area contributed by atoms with Crippen molar-refractivity contribution in [3.8, 4) is 0 Å². The van der Waals surface area contributed by atoms with Crippen molar-refractivity contribution in [1.29, 1.82) is 0 Å². The van der Waals surface area contributed by atoms with E-state index in [0.29, 0.717) is 12.1 Å². The topological polar surface area (TPSA) is 24.1 Å². The number of hydrogen-bond acceptors (Lipinski definition) is 2. The van der Waals surface area contributed by atoms with Crippen molar-refractivity contribution in [2.24, 2.45) is 0 Å². The van der Waals surface area contributed by atoms with Gasteiger partial charge >= 0.3 is 0 Å². The second-order valence-corrected chi connectivity index (χ2v) is 6.67. The molecule has 2 unspecified atom stereocenters. The molecule has 1 saturated heterocycles. The minimum absolute atomic E-state index is 0.462. The molecule has 0 amide bonds. The highest BCUT2D eigenvalue weighted by Gasteiger charge is 2.14. The van der Waals surface area contributed by atoms with Gasteiger partial charge in [-0.3, -0.25) is 0 Å². The Morgan fingerprint density at radius 3 is 3.05 bits per heavy atom. The van der Waals surface area contributed by atoms with Crippen molar-refractivity contribution >= 4 is 33.2 Å². The van der Waals surface area contributed by atoms with Crippen LogP contribution in [-0.2, 0) is 0 Å². The summed E-state index contributed by atoms with van der Waals surface area (Å²) in [5.74, 6) is 0. The average Bonchev–Trinajstić information content (AvgIpc) is 2.62. The van der Waals surface area contributed by atoms with Gasteiger partial charge in [0.2, 0.25) is 0 Å². The maximum absolute atomic E-state index is 6.01. The lowest BCUT2D eigenvalue weighted by molar-refractivity contribution is 0.456. The molecule has 2 rings (SSSR count). The lowest BCUT2D eigenvalue weighted by Gasteiger charge is -2.22. The van der Waals surface area contributed by atoms with E-state index in [4.69, 9.17) is 11.6 Å². The summed E-state index contributed by atoms with van der Waals surface area (Å²) in [6.07, 6.45) is 6.52. The average molecular weight is 346 g/mol. The van der Waals surface area contributed by atoms with E-state index in [0.717, 1.165) is 15.2 Å². The molecule has 1 aromatic carbocycles. The number of halogens is 2. The summed E-state index contributed by atoms with van der Waals surface area (Å²) in [5.41, 5.74) is 1.12. The predicted molar refractivity (Wildman–Crippen MR) is 87.1 cm³/mol. The molecule has 0 radical (unpaired) electrons. The highest BCUT2D eigenvalue weighted by Crippen LogP contribution is 2.26. The molecule has 2 nitrogen and oxygen atoms in total. The molecule has 1 aromatic rings. The summed E-state index contributed by atoms with van der Waals surface area (Å²) in [7, 11) is 0. The highest BCUT2D eigenvalue weighted by atomic mass is 79.9. The second-order valence-electron chi connectivity index (χ2n) is 5.41. The quantitative estimate of drug-likeness (QED) is 0.817. The van der Waals surface area contributed by atoms with Crippen LogP contribution in [0.3, 0.4) is 0 Å². The van der Waals surface area contributed by atoms with Gasteiger partial charge in [-0.2, -0.15) is 0 Å². The zero-order valence-electron chi connectivity index (χ0n) is 11.4. The maximum Gasteiger partial charge on any atom is 0.0549 e. The van der Waals surface area contributed by atoms with E-state index in [1.54, 1.807) is 0 Å². The van der Waals surface area contributed by atoms with Crippen LogP contribution in [0, 0.1) is 0 Å². The molecule has 0 bridgehead atoms. The zero-order chi connectivity index (χ0) is 13.7. The smallest absolute Gasteiger partial charge is 0.0549 e. The Morgan fingerprint density at radius 1 is 1.42 bits per heavy atom. The third-order valence-electron chi connectivity index (χ3n) is 3.63. The van der Waals surface area contributed by atoms with Crippen LogP contribution in [0.15, 0.2) is 22.7 Å². The molecule has 2 atom stereocenters. The van der Waals surface area contributed by atoms with Crippen molar-refractivity contribution < 1.29 is 0 Å². The first-order valence-corrected chi connectivity index (χ1v) is 8.27. The van der Waals surface area contributed by atoms with Gasteiger partial charge in [0, 0.05) is 22.2 Å². The van der Waals surface area contributed by atoms with Gasteiger partial charge in [-0.1, -0.05) is 24.4 Å². The Kier molecular flexibility index (Phi) is 5.99. The zero-order valence-corrected chi connectivity index (χ0v) is 13.7. The van der Waals surface area contributed by atoms with Gasteiger partial charge in [0.25, 0.3) is 0 Å². The Hall–Kier alpha value is -0.250. The number of anilines is 1. The predicted octanol–water partition coefficient (Wildman–Crippen LogP) is 4.83. The van der Waals surface area contributed by atoms with Crippen LogP contribution >= 0.6 is 27.5 Å². The molecule has 1 fully saturated rings. The molecule has 19 heavy (non-hydrogen) atoms. The summed E-state index contributed by atoms with van der Waals surface area (Å²) in [5, 5.41) is 7.95. The van der Waals surface area contributed by atoms with Crippen molar-refractivity contribution in [3.05, 3.63) is 27.7 Å². The van der Waals surface area contributed by atoms with Crippen LogP contribution in [0.5, 0.6) is 0 Å². The summed E-state index contributed by atoms with van der Waals surface area (Å²) >= 11 is 9.47. The first-order chi connectivity index (χ1) is 9.15. The van der Waals surface area contributed by atoms with Crippen LogP contribution < -0.4 is 10.6 Å². The lowest BCUT2D eigenvalue weighted by atomic mass is 10.0. The number of nitrogens with one attached hydrogen (secondary N) is 2. The first kappa shape index (κ1) is 15.1. The van der Waals surface area contributed by atoms with Crippen LogP contribution in [-0.4, -0.2) is 18.6 Å². The molecular formula is C15H22BrClN2. The van der Waals surface area contributed by atoms with Crippen LogP contribution in [0.2, 0.25) is 5.02 Å². The molecule has 1 aliphatic heterocycles. The normalized spacial score (nSPS) is 21.7. The van der Waals surface area contributed by atoms with E-state index < -0.39 is 0 Å². The molecular weight excluding hydrogens is 324 g/mol. The molecule has 4 heteroatoms. The van der Waals surface area contributed by atoms with E-state index in [1.165, 1.54) is 38.6 Å². The fourth-order valence-corrected chi connectivity index (χ4v) is 3.15. The van der Waals surface area contributed by atoms with Crippen LogP contribution in [0.1, 0.15) is 39.0 Å². The Labute approximate surface area is 129 Å². The van der Waals surface area contributed by atoms with Gasteiger partial charge in [-0.05, 0) is 66.9 Å². The van der Waals surface area contributed by atoms with Gasteiger partial charge in [-0.25, -0.2) is 0 Å². The van der Waals surface area contributed by atoms with Gasteiger partial charge in [0.05, 0.1) is 5.02 Å². The van der Waals surface area contributed by atoms with Crippen molar-refractivity contribution in [2.45, 2.75) is 51.1 Å². The summed E-state index contributed by atoms with van der Waals surface area (Å²) in [6.45, 7) is 3.42. The molecule has 0 saturated carbocycles. The van der Waals surface area contributed by atoms with Crippen molar-refractivity contribution in [2.75, 3.05) is 11.9 Å². The summed E-state index contributed by atoms with van der Waals surface area (Å²) in [6, 6.07) is 7.11. The lowest BCUT2D eigenvalue weighted by Crippen LogP contribution is -2.33. The minimum atomic E-state index is 0.462. The van der Waals surface area contributed by atoms with E-state index in [2.05, 4.69) is 33.5 Å². The highest BCUT2D eigenvalue weighted by molar-refractivity contribution is 9.10. The third kappa shape index (κ3) is 4.97. The standard InChI is InChI=1S/C15H22BrClN2/c1-11(9-12-5-3-2-4-8-18-12)19-13-6-7-15(17)14(16)10-13/h6-7,10-12,18-19H,2-5,8-9H2,1H3. The van der Waals surface area contributed by atoms with Gasteiger partial charge in [0.1, 0.15) is 0 Å². The number of hydrogen-bond donors (Lipinski definition) is 2. The van der Waals surface area contributed by atoms with Crippen molar-refractivity contribution in [3.63, 3.8) is 0 Å². The fourth-order valence-electron chi connectivity index (χ4n) is 2.66. The Balaban J connectivity index is 1.85. The van der Waals surface area contributed by atoms with E-state index in [1.807, 2.05) is 18.2 Å². The SMILES string of the molecule is CC(CC1CCCCCN1)Nc1ccc(Cl)c(Br)c1. The maximum atomic E-state index is 6.01. The second kappa shape index (κ2) is 7.51. The monoisotopic (exact) mass is 344 g/mol. The number of rotatable bonds is 4. The third-order valence-corrected chi connectivity index (χ3v) is 4.85. The van der Waals surface area contributed by atoms with Gasteiger partial charge < -0.3 is 10.6 Å². The van der Waals surface area contributed by atoms with E-state index in [-0.39, 0.29) is 0 Å². The van der Waals surface area contributed by atoms with Crippen LogP contribution in [0.4, 0.5) is 5.69 Å². The van der Waals surface area contributed by atoms with Crippen molar-refractivity contribution in [1.82, 2.24) is 5.32 Å². The molecule has 0 aromatic heterocycles. The largest absolute Gasteiger partial charge is 0.382 e. The Bertz CT molecular complexity index is 403. The van der Waals surface area contributed by atoms with Gasteiger partial charge in [-0.15, -0.1) is 0 Å². The minimum Gasteiger partial charge on any atom is -0.382 e. The first-order valence-electron chi connectivity index (χ1n) is 7.10. The van der Waals surface area contributed by atoms with Crippen LogP contribution in [0.25, 0.3) is 0 Å². The van der Waals surface area contributed by atoms with Gasteiger partial charge in [0.15, 0.2) is 0 Å². The molecule has 1 heterocycles. The van der Waals surface area contributed by atoms with E-state index in [9.17, 15) is 0 Å². The fraction of sp³-hybridized carbons (Fsp3) is 0.600. The summed E-state index contributed by atoms with van der Waals surface area (Å²) in [4.78, 5) is 0. The molecule has 0 aliphatic carbocycles. The molecule has 1 aliphatic rings. The molecule has 106 valence electrons. The number of benzene rings is 1. The Morgan fingerprint density at radius 2 is 2.26 bits per heavy atom. The molecule has 0 spiro atoms. The molecule has 2 N–H and O–H groups in total. The summed E-state index contributed by atoms with van der Waals surface area (Å²) < 4.78 is 0.943.